The molecular formula is C12H26N2OS. The highest BCUT2D eigenvalue weighted by atomic mass is 32.1. The lowest BCUT2D eigenvalue weighted by molar-refractivity contribution is 0.195. The first-order valence-electron chi connectivity index (χ1n) is 6.17. The summed E-state index contributed by atoms with van der Waals surface area (Å²) in [7, 11) is 1.71. The molecule has 0 aliphatic rings. The summed E-state index contributed by atoms with van der Waals surface area (Å²) < 4.78 is 4.96. The smallest absolute Gasteiger partial charge is 0.166 e. The van der Waals surface area contributed by atoms with Gasteiger partial charge in [0.1, 0.15) is 0 Å². The van der Waals surface area contributed by atoms with E-state index in [1.54, 1.807) is 7.11 Å². The fourth-order valence-corrected chi connectivity index (χ4v) is 1.56. The van der Waals surface area contributed by atoms with Crippen LogP contribution >= 0.6 is 12.2 Å². The fourth-order valence-electron chi connectivity index (χ4n) is 1.36. The third-order valence-corrected chi connectivity index (χ3v) is 2.59. The molecule has 16 heavy (non-hydrogen) atoms. The normalized spacial score (nSPS) is 10.5. The second kappa shape index (κ2) is 11.1. The molecule has 0 aliphatic carbocycles. The summed E-state index contributed by atoms with van der Waals surface area (Å²) in [4.78, 5) is 0. The molecule has 0 amide bonds. The van der Waals surface area contributed by atoms with Gasteiger partial charge in [0.05, 0.1) is 0 Å². The lowest BCUT2D eigenvalue weighted by Crippen LogP contribution is -2.36. The van der Waals surface area contributed by atoms with Crippen molar-refractivity contribution >= 4 is 17.3 Å². The maximum atomic E-state index is 5.14. The minimum Gasteiger partial charge on any atom is -0.385 e. The van der Waals surface area contributed by atoms with Gasteiger partial charge < -0.3 is 15.4 Å². The third-order valence-electron chi connectivity index (χ3n) is 2.30. The van der Waals surface area contributed by atoms with Gasteiger partial charge in [-0.1, -0.05) is 26.7 Å². The first-order chi connectivity index (χ1) is 7.66. The average Bonchev–Trinajstić information content (AvgIpc) is 2.23. The van der Waals surface area contributed by atoms with Crippen LogP contribution in [-0.2, 0) is 4.74 Å². The van der Waals surface area contributed by atoms with Crippen molar-refractivity contribution in [1.82, 2.24) is 10.6 Å². The van der Waals surface area contributed by atoms with Gasteiger partial charge in [0.2, 0.25) is 0 Å². The molecule has 0 aromatic rings. The van der Waals surface area contributed by atoms with Crippen molar-refractivity contribution in [3.8, 4) is 0 Å². The van der Waals surface area contributed by atoms with Crippen LogP contribution in [0.4, 0.5) is 0 Å². The maximum absolute atomic E-state index is 5.14. The van der Waals surface area contributed by atoms with Crippen molar-refractivity contribution in [3.63, 3.8) is 0 Å². The minimum atomic E-state index is 0.764. The van der Waals surface area contributed by atoms with E-state index in [1.807, 2.05) is 0 Å². The van der Waals surface area contributed by atoms with Crippen LogP contribution in [0.25, 0.3) is 0 Å². The Morgan fingerprint density at radius 2 is 1.75 bits per heavy atom. The van der Waals surface area contributed by atoms with Gasteiger partial charge in [0, 0.05) is 26.8 Å². The van der Waals surface area contributed by atoms with Crippen LogP contribution < -0.4 is 10.6 Å². The van der Waals surface area contributed by atoms with Crippen molar-refractivity contribution < 1.29 is 4.74 Å². The molecule has 0 rings (SSSR count). The van der Waals surface area contributed by atoms with Crippen LogP contribution in [0.15, 0.2) is 0 Å². The molecule has 0 unspecified atom stereocenters. The summed E-state index contributed by atoms with van der Waals surface area (Å²) in [5, 5.41) is 7.13. The monoisotopic (exact) mass is 246 g/mol. The largest absolute Gasteiger partial charge is 0.385 e. The lowest BCUT2D eigenvalue weighted by Gasteiger charge is -2.10. The maximum Gasteiger partial charge on any atom is 0.166 e. The van der Waals surface area contributed by atoms with Crippen molar-refractivity contribution in [1.29, 1.82) is 0 Å². The summed E-state index contributed by atoms with van der Waals surface area (Å²) in [5.41, 5.74) is 0. The van der Waals surface area contributed by atoms with Gasteiger partial charge in [0.15, 0.2) is 5.11 Å². The van der Waals surface area contributed by atoms with E-state index in [1.165, 1.54) is 19.3 Å². The van der Waals surface area contributed by atoms with Crippen LogP contribution in [0, 0.1) is 5.92 Å². The Bertz CT molecular complexity index is 174. The quantitative estimate of drug-likeness (QED) is 0.483. The predicted molar refractivity (Wildman–Crippen MR) is 73.8 cm³/mol. The number of unbranched alkanes of at least 4 members (excludes halogenated alkanes) is 1. The van der Waals surface area contributed by atoms with Gasteiger partial charge in [-0.2, -0.15) is 0 Å². The van der Waals surface area contributed by atoms with Gasteiger partial charge in [-0.3, -0.25) is 0 Å². The Balaban J connectivity index is 3.17. The van der Waals surface area contributed by atoms with Crippen LogP contribution in [0.3, 0.4) is 0 Å². The number of hydrogen-bond donors (Lipinski definition) is 2. The molecule has 4 heteroatoms. The van der Waals surface area contributed by atoms with Gasteiger partial charge >= 0.3 is 0 Å². The second-order valence-corrected chi connectivity index (χ2v) is 4.83. The Morgan fingerprint density at radius 3 is 2.31 bits per heavy atom. The standard InChI is InChI=1S/C12H26N2OS/c1-11(2)7-4-5-8-13-12(16)14-9-6-10-15-3/h11H,4-10H2,1-3H3,(H2,13,14,16). The topological polar surface area (TPSA) is 33.3 Å². The molecule has 0 saturated carbocycles. The number of hydrogen-bond acceptors (Lipinski definition) is 2. The van der Waals surface area contributed by atoms with Crippen LogP contribution in [0.5, 0.6) is 0 Å². The Morgan fingerprint density at radius 1 is 1.12 bits per heavy atom. The van der Waals surface area contributed by atoms with Gasteiger partial charge in [0.25, 0.3) is 0 Å². The highest BCUT2D eigenvalue weighted by molar-refractivity contribution is 7.80. The first kappa shape index (κ1) is 15.7. The van der Waals surface area contributed by atoms with Crippen LogP contribution in [0.1, 0.15) is 39.5 Å². The van der Waals surface area contributed by atoms with E-state index in [0.29, 0.717) is 0 Å². The van der Waals surface area contributed by atoms with Crippen molar-refractivity contribution in [3.05, 3.63) is 0 Å². The summed E-state index contributed by atoms with van der Waals surface area (Å²) in [5.74, 6) is 0.805. The average molecular weight is 246 g/mol. The van der Waals surface area contributed by atoms with E-state index in [-0.39, 0.29) is 0 Å². The summed E-state index contributed by atoms with van der Waals surface area (Å²) in [6.45, 7) is 7.16. The van der Waals surface area contributed by atoms with Crippen molar-refractivity contribution in [2.24, 2.45) is 5.92 Å². The lowest BCUT2D eigenvalue weighted by atomic mass is 10.1. The van der Waals surface area contributed by atoms with E-state index >= 15 is 0 Å². The molecule has 0 bridgehead atoms. The zero-order valence-corrected chi connectivity index (χ0v) is 11.7. The van der Waals surface area contributed by atoms with Gasteiger partial charge in [-0.05, 0) is 31.0 Å². The molecule has 0 spiro atoms. The number of ether oxygens (including phenoxy) is 1. The number of rotatable bonds is 9. The van der Waals surface area contributed by atoms with E-state index in [2.05, 4.69) is 24.5 Å². The molecule has 0 aliphatic heterocycles. The predicted octanol–water partition coefficient (Wildman–Crippen LogP) is 2.31. The molecule has 0 aromatic carbocycles. The Kier molecular flexibility index (Phi) is 10.9. The molecule has 0 atom stereocenters. The molecule has 0 radical (unpaired) electrons. The number of nitrogens with one attached hydrogen (secondary N) is 2. The summed E-state index contributed by atoms with van der Waals surface area (Å²) >= 11 is 5.14. The summed E-state index contributed by atoms with van der Waals surface area (Å²) in [6.07, 6.45) is 4.76. The van der Waals surface area contributed by atoms with Crippen molar-refractivity contribution in [2.75, 3.05) is 26.8 Å². The second-order valence-electron chi connectivity index (χ2n) is 4.42. The van der Waals surface area contributed by atoms with E-state index in [0.717, 1.165) is 37.1 Å². The Hall–Kier alpha value is -0.350. The SMILES string of the molecule is COCCCNC(=S)NCCCCC(C)C. The fraction of sp³-hybridized carbons (Fsp3) is 0.917. The number of thiocarbonyl (C=S) groups is 1. The first-order valence-corrected chi connectivity index (χ1v) is 6.58. The molecule has 96 valence electrons. The van der Waals surface area contributed by atoms with Crippen molar-refractivity contribution in [2.45, 2.75) is 39.5 Å². The molecule has 0 saturated heterocycles. The minimum absolute atomic E-state index is 0.764. The molecular weight excluding hydrogens is 220 g/mol. The highest BCUT2D eigenvalue weighted by Crippen LogP contribution is 2.04. The third kappa shape index (κ3) is 11.7. The molecule has 2 N–H and O–H groups in total. The molecule has 0 fully saturated rings. The molecule has 0 heterocycles. The zero-order chi connectivity index (χ0) is 12.2. The zero-order valence-electron chi connectivity index (χ0n) is 10.8. The number of methoxy groups -OCH3 is 1. The molecule has 0 aromatic heterocycles. The van der Waals surface area contributed by atoms with E-state index in [9.17, 15) is 0 Å². The van der Waals surface area contributed by atoms with Crippen LogP contribution in [-0.4, -0.2) is 31.9 Å². The van der Waals surface area contributed by atoms with Crippen LogP contribution in [0.2, 0.25) is 0 Å². The van der Waals surface area contributed by atoms with Gasteiger partial charge in [-0.25, -0.2) is 0 Å². The molecule has 3 nitrogen and oxygen atoms in total. The van der Waals surface area contributed by atoms with E-state index in [4.69, 9.17) is 17.0 Å². The Labute approximate surface area is 105 Å². The van der Waals surface area contributed by atoms with E-state index < -0.39 is 0 Å². The van der Waals surface area contributed by atoms with Gasteiger partial charge in [-0.15, -0.1) is 0 Å². The summed E-state index contributed by atoms with van der Waals surface area (Å²) in [6, 6.07) is 0. The highest BCUT2D eigenvalue weighted by Gasteiger charge is 1.96.